The third-order valence-corrected chi connectivity index (χ3v) is 3.59. The first-order valence-electron chi connectivity index (χ1n) is 6.63. The van der Waals surface area contributed by atoms with Crippen molar-refractivity contribution in [2.24, 2.45) is 7.05 Å². The van der Waals surface area contributed by atoms with Crippen molar-refractivity contribution in [3.63, 3.8) is 0 Å². The fourth-order valence-electron chi connectivity index (χ4n) is 2.57. The molecule has 3 heterocycles. The first-order chi connectivity index (χ1) is 10.1. The number of anilines is 1. The van der Waals surface area contributed by atoms with Crippen molar-refractivity contribution in [2.75, 3.05) is 24.5 Å². The van der Waals surface area contributed by atoms with Crippen molar-refractivity contribution in [1.29, 1.82) is 0 Å². The Morgan fingerprint density at radius 1 is 1.38 bits per heavy atom. The van der Waals surface area contributed by atoms with Gasteiger partial charge in [0.05, 0.1) is 17.3 Å². The molecule has 0 radical (unpaired) electrons. The number of aryl methyl sites for hydroxylation is 1. The lowest BCUT2D eigenvalue weighted by atomic mass is 10.1. The van der Waals surface area contributed by atoms with Crippen molar-refractivity contribution in [1.82, 2.24) is 20.1 Å². The average molecular weight is 289 g/mol. The van der Waals surface area contributed by atoms with Gasteiger partial charge in [-0.05, 0) is 0 Å². The number of pyridine rings is 1. The molecule has 1 amide bonds. The number of carbonyl (C=O) groups excluding carboxylic acids is 1. The second-order valence-electron chi connectivity index (χ2n) is 4.92. The zero-order valence-corrected chi connectivity index (χ0v) is 11.5. The van der Waals surface area contributed by atoms with Crippen LogP contribution in [0.1, 0.15) is 16.8 Å². The van der Waals surface area contributed by atoms with Crippen molar-refractivity contribution in [3.05, 3.63) is 18.0 Å². The highest BCUT2D eigenvalue weighted by atomic mass is 16.4. The molecule has 2 aromatic rings. The predicted molar refractivity (Wildman–Crippen MR) is 75.3 cm³/mol. The first kappa shape index (κ1) is 13.3. The molecule has 2 aromatic heterocycles. The normalized spacial score (nSPS) is 15.9. The van der Waals surface area contributed by atoms with E-state index in [1.165, 1.54) is 6.20 Å². The van der Waals surface area contributed by atoms with E-state index in [9.17, 15) is 14.7 Å². The van der Waals surface area contributed by atoms with Crippen LogP contribution in [0.25, 0.3) is 11.0 Å². The minimum Gasteiger partial charge on any atom is -0.478 e. The third kappa shape index (κ3) is 2.28. The summed E-state index contributed by atoms with van der Waals surface area (Å²) in [6, 6.07) is 0. The SMILES string of the molecule is Cn1ncc2c(N3CCNC(=O)CC3)c(C(=O)O)cnc21. The minimum atomic E-state index is -1.04. The minimum absolute atomic E-state index is 0.0224. The van der Waals surface area contributed by atoms with E-state index in [-0.39, 0.29) is 11.5 Å². The van der Waals surface area contributed by atoms with Crippen LogP contribution in [-0.4, -0.2) is 51.4 Å². The summed E-state index contributed by atoms with van der Waals surface area (Å²) in [5.74, 6) is -1.06. The van der Waals surface area contributed by atoms with E-state index >= 15 is 0 Å². The highest BCUT2D eigenvalue weighted by Crippen LogP contribution is 2.29. The summed E-state index contributed by atoms with van der Waals surface area (Å²) in [7, 11) is 1.76. The molecular formula is C13H15N5O3. The topological polar surface area (TPSA) is 100 Å². The van der Waals surface area contributed by atoms with Crippen LogP contribution in [0.4, 0.5) is 5.69 Å². The van der Waals surface area contributed by atoms with Gasteiger partial charge in [-0.3, -0.25) is 9.48 Å². The lowest BCUT2D eigenvalue weighted by molar-refractivity contribution is -0.120. The number of fused-ring (bicyclic) bond motifs is 1. The van der Waals surface area contributed by atoms with Gasteiger partial charge in [-0.1, -0.05) is 0 Å². The maximum absolute atomic E-state index is 11.5. The Morgan fingerprint density at radius 2 is 2.19 bits per heavy atom. The fourth-order valence-corrected chi connectivity index (χ4v) is 2.57. The fraction of sp³-hybridized carbons (Fsp3) is 0.385. The Hall–Kier alpha value is -2.64. The molecule has 110 valence electrons. The van der Waals surface area contributed by atoms with Gasteiger partial charge in [0.25, 0.3) is 0 Å². The van der Waals surface area contributed by atoms with Crippen LogP contribution in [-0.2, 0) is 11.8 Å². The van der Waals surface area contributed by atoms with Crippen LogP contribution in [0.3, 0.4) is 0 Å². The number of aromatic nitrogens is 3. The molecule has 0 atom stereocenters. The first-order valence-corrected chi connectivity index (χ1v) is 6.63. The molecule has 1 fully saturated rings. The molecule has 0 unspecified atom stereocenters. The van der Waals surface area contributed by atoms with Gasteiger partial charge in [0.2, 0.25) is 5.91 Å². The second kappa shape index (κ2) is 5.04. The van der Waals surface area contributed by atoms with Gasteiger partial charge in [0, 0.05) is 39.3 Å². The van der Waals surface area contributed by atoms with E-state index in [2.05, 4.69) is 15.4 Å². The molecule has 1 aliphatic rings. The van der Waals surface area contributed by atoms with Crippen LogP contribution < -0.4 is 10.2 Å². The van der Waals surface area contributed by atoms with Crippen LogP contribution in [0.2, 0.25) is 0 Å². The summed E-state index contributed by atoms with van der Waals surface area (Å²) in [5, 5.41) is 17.0. The summed E-state index contributed by atoms with van der Waals surface area (Å²) in [6.07, 6.45) is 3.30. The second-order valence-corrected chi connectivity index (χ2v) is 4.92. The van der Waals surface area contributed by atoms with Gasteiger partial charge in [-0.15, -0.1) is 0 Å². The summed E-state index contributed by atoms with van der Waals surface area (Å²) >= 11 is 0. The van der Waals surface area contributed by atoms with Gasteiger partial charge >= 0.3 is 5.97 Å². The van der Waals surface area contributed by atoms with Gasteiger partial charge in [0.1, 0.15) is 5.56 Å². The molecule has 8 heteroatoms. The zero-order chi connectivity index (χ0) is 15.0. The van der Waals surface area contributed by atoms with Crippen LogP contribution >= 0.6 is 0 Å². The maximum atomic E-state index is 11.5. The molecule has 0 saturated carbocycles. The molecule has 0 aliphatic carbocycles. The lowest BCUT2D eigenvalue weighted by Gasteiger charge is -2.24. The van der Waals surface area contributed by atoms with Crippen molar-refractivity contribution < 1.29 is 14.7 Å². The van der Waals surface area contributed by atoms with Crippen LogP contribution in [0.15, 0.2) is 12.4 Å². The Morgan fingerprint density at radius 3 is 2.95 bits per heavy atom. The number of carbonyl (C=O) groups is 2. The van der Waals surface area contributed by atoms with E-state index in [1.807, 2.05) is 4.90 Å². The number of hydrogen-bond acceptors (Lipinski definition) is 5. The number of rotatable bonds is 2. The number of carboxylic acids is 1. The molecule has 1 aliphatic heterocycles. The van der Waals surface area contributed by atoms with E-state index in [1.54, 1.807) is 17.9 Å². The van der Waals surface area contributed by atoms with E-state index in [0.717, 1.165) is 0 Å². The number of nitrogens with one attached hydrogen (secondary N) is 1. The molecule has 2 N–H and O–H groups in total. The van der Waals surface area contributed by atoms with Crippen LogP contribution in [0.5, 0.6) is 0 Å². The van der Waals surface area contributed by atoms with Crippen molar-refractivity contribution in [2.45, 2.75) is 6.42 Å². The molecule has 8 nitrogen and oxygen atoms in total. The Balaban J connectivity index is 2.15. The number of nitrogens with zero attached hydrogens (tertiary/aromatic N) is 4. The van der Waals surface area contributed by atoms with Gasteiger partial charge in [-0.25, -0.2) is 9.78 Å². The standard InChI is InChI=1S/C13H15N5O3/c1-17-12-8(7-16-17)11(9(6-15-12)13(20)21)18-4-2-10(19)14-3-5-18/h6-7H,2-5H2,1H3,(H,14,19)(H,20,21). The highest BCUT2D eigenvalue weighted by Gasteiger charge is 2.23. The molecule has 21 heavy (non-hydrogen) atoms. The number of aromatic carboxylic acids is 1. The summed E-state index contributed by atoms with van der Waals surface area (Å²) in [6.45, 7) is 1.52. The molecule has 1 saturated heterocycles. The van der Waals surface area contributed by atoms with E-state index in [4.69, 9.17) is 0 Å². The van der Waals surface area contributed by atoms with E-state index in [0.29, 0.717) is 42.8 Å². The lowest BCUT2D eigenvalue weighted by Crippen LogP contribution is -2.29. The van der Waals surface area contributed by atoms with Crippen LogP contribution in [0, 0.1) is 0 Å². The molecule has 0 spiro atoms. The van der Waals surface area contributed by atoms with Crippen molar-refractivity contribution >= 4 is 28.6 Å². The summed E-state index contributed by atoms with van der Waals surface area (Å²) in [4.78, 5) is 29.0. The largest absolute Gasteiger partial charge is 0.478 e. The molecule has 0 aromatic carbocycles. The summed E-state index contributed by atoms with van der Waals surface area (Å²) in [5.41, 5.74) is 1.33. The average Bonchev–Trinajstić information content (AvgIpc) is 2.69. The van der Waals surface area contributed by atoms with Crippen molar-refractivity contribution in [3.8, 4) is 0 Å². The molecule has 0 bridgehead atoms. The quantitative estimate of drug-likeness (QED) is 0.806. The number of amides is 1. The number of hydrogen-bond donors (Lipinski definition) is 2. The Bertz CT molecular complexity index is 724. The van der Waals surface area contributed by atoms with Gasteiger partial charge in [-0.2, -0.15) is 5.10 Å². The monoisotopic (exact) mass is 289 g/mol. The Kier molecular flexibility index (Phi) is 3.20. The molecular weight excluding hydrogens is 274 g/mol. The third-order valence-electron chi connectivity index (χ3n) is 3.59. The number of carboxylic acid groups (broad SMARTS) is 1. The predicted octanol–water partition coefficient (Wildman–Crippen LogP) is -0.00720. The van der Waals surface area contributed by atoms with Gasteiger partial charge in [0.15, 0.2) is 5.65 Å². The zero-order valence-electron chi connectivity index (χ0n) is 11.5. The maximum Gasteiger partial charge on any atom is 0.339 e. The van der Waals surface area contributed by atoms with Gasteiger partial charge < -0.3 is 15.3 Å². The summed E-state index contributed by atoms with van der Waals surface area (Å²) < 4.78 is 1.60. The Labute approximate surface area is 120 Å². The smallest absolute Gasteiger partial charge is 0.339 e. The van der Waals surface area contributed by atoms with E-state index < -0.39 is 5.97 Å². The molecule has 3 rings (SSSR count). The highest BCUT2D eigenvalue weighted by molar-refractivity contribution is 6.03.